The van der Waals surface area contributed by atoms with Crippen molar-refractivity contribution in [1.29, 1.82) is 0 Å². The van der Waals surface area contributed by atoms with Gasteiger partial charge in [-0.25, -0.2) is 4.79 Å². The summed E-state index contributed by atoms with van der Waals surface area (Å²) < 4.78 is 0. The number of benzene rings is 3. The molecule has 0 aliphatic rings. The molecule has 0 unspecified atom stereocenters. The highest BCUT2D eigenvalue weighted by atomic mass is 35.5. The fraction of sp³-hybridized carbons (Fsp3) is 0.0833. The number of halogens is 1. The molecule has 2 N–H and O–H groups in total. The first-order valence-corrected chi connectivity index (χ1v) is 9.56. The van der Waals surface area contributed by atoms with Crippen molar-refractivity contribution >= 4 is 40.8 Å². The molecule has 0 radical (unpaired) electrons. The molecule has 4 nitrogen and oxygen atoms in total. The van der Waals surface area contributed by atoms with E-state index in [1.807, 2.05) is 55.5 Å². The van der Waals surface area contributed by atoms with E-state index < -0.39 is 5.97 Å². The Morgan fingerprint density at radius 1 is 1.00 bits per heavy atom. The minimum absolute atomic E-state index is 0.108. The number of carbonyl (C=O) groups is 2. The number of para-hydroxylation sites is 1. The van der Waals surface area contributed by atoms with Gasteiger partial charge in [0.15, 0.2) is 5.78 Å². The third-order valence-corrected chi connectivity index (χ3v) is 4.81. The van der Waals surface area contributed by atoms with Crippen LogP contribution in [0.15, 0.2) is 72.8 Å². The van der Waals surface area contributed by atoms with Crippen LogP contribution in [0.4, 0.5) is 11.4 Å². The van der Waals surface area contributed by atoms with Crippen LogP contribution in [0.5, 0.6) is 0 Å². The number of hydrogen-bond acceptors (Lipinski definition) is 3. The fourth-order valence-electron chi connectivity index (χ4n) is 3.04. The highest BCUT2D eigenvalue weighted by Gasteiger charge is 2.16. The summed E-state index contributed by atoms with van der Waals surface area (Å²) in [5, 5.41) is 12.4. The van der Waals surface area contributed by atoms with Crippen molar-refractivity contribution in [3.63, 3.8) is 0 Å². The average molecular weight is 406 g/mol. The zero-order valence-electron chi connectivity index (χ0n) is 15.9. The molecule has 0 aliphatic heterocycles. The van der Waals surface area contributed by atoms with Gasteiger partial charge in [0.1, 0.15) is 0 Å². The Hall–Kier alpha value is -3.37. The van der Waals surface area contributed by atoms with Crippen LogP contribution in [-0.2, 0) is 11.2 Å². The van der Waals surface area contributed by atoms with Gasteiger partial charge in [-0.15, -0.1) is 0 Å². The molecule has 0 heterocycles. The number of carbonyl (C=O) groups excluding carboxylic acids is 1. The maximum atomic E-state index is 13.0. The number of ketones is 1. The lowest BCUT2D eigenvalue weighted by atomic mass is 9.97. The number of carboxylic acid groups (broad SMARTS) is 1. The molecule has 146 valence electrons. The lowest BCUT2D eigenvalue weighted by Crippen LogP contribution is -2.06. The molecule has 0 amide bonds. The van der Waals surface area contributed by atoms with Crippen molar-refractivity contribution in [2.75, 3.05) is 5.32 Å². The Bertz CT molecular complexity index is 1090. The molecule has 0 saturated carbocycles. The first-order chi connectivity index (χ1) is 14.0. The molecule has 0 bridgehead atoms. The van der Waals surface area contributed by atoms with E-state index in [1.54, 1.807) is 18.2 Å². The second-order valence-corrected chi connectivity index (χ2v) is 6.83. The number of anilines is 2. The zero-order chi connectivity index (χ0) is 20.8. The minimum Gasteiger partial charge on any atom is -0.478 e. The first-order valence-electron chi connectivity index (χ1n) is 9.18. The number of rotatable bonds is 7. The topological polar surface area (TPSA) is 66.4 Å². The molecule has 3 aromatic rings. The summed E-state index contributed by atoms with van der Waals surface area (Å²) in [5.74, 6) is -1.12. The van der Waals surface area contributed by atoms with Crippen LogP contribution in [0.3, 0.4) is 0 Å². The van der Waals surface area contributed by atoms with E-state index in [0.29, 0.717) is 21.8 Å². The summed E-state index contributed by atoms with van der Waals surface area (Å²) in [5.41, 5.74) is 4.24. The van der Waals surface area contributed by atoms with E-state index in [9.17, 15) is 9.59 Å². The highest BCUT2D eigenvalue weighted by Crippen LogP contribution is 2.28. The van der Waals surface area contributed by atoms with E-state index in [2.05, 4.69) is 5.32 Å². The second-order valence-electron chi connectivity index (χ2n) is 6.42. The van der Waals surface area contributed by atoms with E-state index in [0.717, 1.165) is 29.3 Å². The maximum absolute atomic E-state index is 13.0. The summed E-state index contributed by atoms with van der Waals surface area (Å²) >= 11 is 6.43. The molecule has 0 aromatic heterocycles. The number of nitrogens with one attached hydrogen (secondary N) is 1. The van der Waals surface area contributed by atoms with Gasteiger partial charge in [-0.1, -0.05) is 61.0 Å². The second kappa shape index (κ2) is 9.22. The third kappa shape index (κ3) is 4.92. The monoisotopic (exact) mass is 405 g/mol. The molecule has 0 spiro atoms. The van der Waals surface area contributed by atoms with Gasteiger partial charge in [-0.05, 0) is 47.9 Å². The average Bonchev–Trinajstić information content (AvgIpc) is 2.72. The molecule has 0 saturated heterocycles. The van der Waals surface area contributed by atoms with Gasteiger partial charge in [0, 0.05) is 28.6 Å². The Labute approximate surface area is 174 Å². The van der Waals surface area contributed by atoms with Gasteiger partial charge in [0.05, 0.1) is 5.02 Å². The standard InChI is InChI=1S/C24H20ClNO3/c1-2-16-7-3-5-9-19(16)24(29)20-13-12-18(15-21(20)25)26-22-10-6-4-8-17(22)11-14-23(27)28/h3-15,26H,2H2,1H3,(H,27,28)/b14-11+. The van der Waals surface area contributed by atoms with Crippen molar-refractivity contribution in [1.82, 2.24) is 0 Å². The zero-order valence-corrected chi connectivity index (χ0v) is 16.6. The van der Waals surface area contributed by atoms with Gasteiger partial charge >= 0.3 is 5.97 Å². The molecular weight excluding hydrogens is 386 g/mol. The fourth-order valence-corrected chi connectivity index (χ4v) is 3.31. The Morgan fingerprint density at radius 3 is 2.45 bits per heavy atom. The number of aliphatic carboxylic acids is 1. The van der Waals surface area contributed by atoms with E-state index in [-0.39, 0.29) is 5.78 Å². The van der Waals surface area contributed by atoms with Crippen LogP contribution in [0.1, 0.15) is 34.0 Å². The van der Waals surface area contributed by atoms with Crippen molar-refractivity contribution < 1.29 is 14.7 Å². The first kappa shape index (κ1) is 20.4. The van der Waals surface area contributed by atoms with Crippen LogP contribution < -0.4 is 5.32 Å². The Morgan fingerprint density at radius 2 is 1.72 bits per heavy atom. The van der Waals surface area contributed by atoms with E-state index in [4.69, 9.17) is 16.7 Å². The number of hydrogen-bond donors (Lipinski definition) is 2. The quantitative estimate of drug-likeness (QED) is 0.375. The number of aryl methyl sites for hydroxylation is 1. The molecule has 0 aliphatic carbocycles. The molecule has 29 heavy (non-hydrogen) atoms. The van der Waals surface area contributed by atoms with Gasteiger partial charge in [0.25, 0.3) is 0 Å². The minimum atomic E-state index is -1.02. The largest absolute Gasteiger partial charge is 0.478 e. The van der Waals surface area contributed by atoms with Gasteiger partial charge in [0.2, 0.25) is 0 Å². The number of carboxylic acids is 1. The van der Waals surface area contributed by atoms with Crippen LogP contribution in [0.2, 0.25) is 5.02 Å². The predicted octanol–water partition coefficient (Wildman–Crippen LogP) is 5.97. The lowest BCUT2D eigenvalue weighted by molar-refractivity contribution is -0.131. The van der Waals surface area contributed by atoms with Gasteiger partial charge < -0.3 is 10.4 Å². The summed E-state index contributed by atoms with van der Waals surface area (Å²) in [7, 11) is 0. The van der Waals surface area contributed by atoms with Crippen molar-refractivity contribution in [2.45, 2.75) is 13.3 Å². The summed E-state index contributed by atoms with van der Waals surface area (Å²) in [6.07, 6.45) is 3.37. The predicted molar refractivity (Wildman–Crippen MR) is 117 cm³/mol. The third-order valence-electron chi connectivity index (χ3n) is 4.50. The summed E-state index contributed by atoms with van der Waals surface area (Å²) in [4.78, 5) is 23.7. The molecule has 5 heteroatoms. The van der Waals surface area contributed by atoms with Crippen LogP contribution in [0, 0.1) is 0 Å². The Balaban J connectivity index is 1.88. The molecule has 0 atom stereocenters. The van der Waals surface area contributed by atoms with Gasteiger partial charge in [-0.2, -0.15) is 0 Å². The van der Waals surface area contributed by atoms with Crippen molar-refractivity contribution in [3.8, 4) is 0 Å². The molecule has 3 aromatic carbocycles. The van der Waals surface area contributed by atoms with Crippen LogP contribution in [0.25, 0.3) is 6.08 Å². The highest BCUT2D eigenvalue weighted by molar-refractivity contribution is 6.35. The van der Waals surface area contributed by atoms with Crippen molar-refractivity contribution in [2.24, 2.45) is 0 Å². The smallest absolute Gasteiger partial charge is 0.328 e. The lowest BCUT2D eigenvalue weighted by Gasteiger charge is -2.12. The SMILES string of the molecule is CCc1ccccc1C(=O)c1ccc(Nc2ccccc2/C=C/C(=O)O)cc1Cl. The normalized spacial score (nSPS) is 10.8. The van der Waals surface area contributed by atoms with Crippen LogP contribution >= 0.6 is 11.6 Å². The summed E-state index contributed by atoms with van der Waals surface area (Å²) in [6.45, 7) is 2.01. The molecule has 3 rings (SSSR count). The molecular formula is C24H20ClNO3. The maximum Gasteiger partial charge on any atom is 0.328 e. The van der Waals surface area contributed by atoms with E-state index >= 15 is 0 Å². The molecule has 0 fully saturated rings. The van der Waals surface area contributed by atoms with Crippen LogP contribution in [-0.4, -0.2) is 16.9 Å². The van der Waals surface area contributed by atoms with E-state index in [1.165, 1.54) is 6.08 Å². The van der Waals surface area contributed by atoms with Gasteiger partial charge in [-0.3, -0.25) is 4.79 Å². The Kier molecular flexibility index (Phi) is 6.47. The van der Waals surface area contributed by atoms with Crippen molar-refractivity contribution in [3.05, 3.63) is 100 Å². The summed E-state index contributed by atoms with van der Waals surface area (Å²) in [6, 6.07) is 20.0.